The van der Waals surface area contributed by atoms with E-state index in [1.54, 1.807) is 0 Å². The van der Waals surface area contributed by atoms with E-state index < -0.39 is 0 Å². The number of benzene rings is 1. The van der Waals surface area contributed by atoms with E-state index in [9.17, 15) is 0 Å². The molecule has 1 aromatic heterocycles. The van der Waals surface area contributed by atoms with Crippen LogP contribution in [0, 0.1) is 0 Å². The second-order valence-corrected chi connectivity index (χ2v) is 12.7. The van der Waals surface area contributed by atoms with E-state index in [2.05, 4.69) is 63.1 Å². The van der Waals surface area contributed by atoms with Gasteiger partial charge in [-0.15, -0.1) is 11.3 Å². The van der Waals surface area contributed by atoms with E-state index in [4.69, 9.17) is 10.7 Å². The molecule has 4 heteroatoms. The van der Waals surface area contributed by atoms with Gasteiger partial charge in [-0.25, -0.2) is 4.98 Å². The Labute approximate surface area is 206 Å². The molecule has 2 N–H and O–H groups in total. The Balaban J connectivity index is 1.44. The number of rotatable bonds is 8. The molecule has 1 atom stereocenters. The molecule has 2 heterocycles. The van der Waals surface area contributed by atoms with Crippen LogP contribution >= 0.6 is 11.3 Å². The minimum absolute atomic E-state index is 0.241. The second kappa shape index (κ2) is 10.2. The van der Waals surface area contributed by atoms with Gasteiger partial charge in [0.1, 0.15) is 5.01 Å². The fraction of sp³-hybridized carbons (Fsp3) is 0.690. The zero-order chi connectivity index (χ0) is 23.6. The summed E-state index contributed by atoms with van der Waals surface area (Å²) >= 11 is 1.83. The highest BCUT2D eigenvalue weighted by molar-refractivity contribution is 7.13. The fourth-order valence-corrected chi connectivity index (χ4v) is 6.87. The van der Waals surface area contributed by atoms with E-state index >= 15 is 0 Å². The van der Waals surface area contributed by atoms with Crippen LogP contribution in [0.4, 0.5) is 0 Å². The van der Waals surface area contributed by atoms with Crippen LogP contribution in [0.25, 0.3) is 10.6 Å². The first-order valence-electron chi connectivity index (χ1n) is 13.3. The van der Waals surface area contributed by atoms with E-state index in [0.29, 0.717) is 12.0 Å². The summed E-state index contributed by atoms with van der Waals surface area (Å²) in [5.41, 5.74) is 12.3. The van der Waals surface area contributed by atoms with Gasteiger partial charge in [0.15, 0.2) is 0 Å². The van der Waals surface area contributed by atoms with Crippen molar-refractivity contribution in [2.24, 2.45) is 5.73 Å². The molecule has 2 aliphatic rings. The topological polar surface area (TPSA) is 42.1 Å². The van der Waals surface area contributed by atoms with Crippen LogP contribution < -0.4 is 5.73 Å². The van der Waals surface area contributed by atoms with E-state index in [1.165, 1.54) is 78.8 Å². The molecule has 33 heavy (non-hydrogen) atoms. The lowest BCUT2D eigenvalue weighted by atomic mass is 9.63. The highest BCUT2D eigenvalue weighted by Crippen LogP contribution is 2.47. The van der Waals surface area contributed by atoms with Crippen molar-refractivity contribution in [2.75, 3.05) is 19.6 Å². The highest BCUT2D eigenvalue weighted by atomic mass is 32.1. The molecule has 0 spiro atoms. The van der Waals surface area contributed by atoms with Crippen molar-refractivity contribution in [1.29, 1.82) is 0 Å². The largest absolute Gasteiger partial charge is 0.329 e. The van der Waals surface area contributed by atoms with Crippen LogP contribution in [0.2, 0.25) is 0 Å². The molecule has 0 bridgehead atoms. The van der Waals surface area contributed by atoms with Gasteiger partial charge in [0.05, 0.1) is 5.69 Å². The molecule has 2 aromatic rings. The zero-order valence-electron chi connectivity index (χ0n) is 21.6. The second-order valence-electron chi connectivity index (χ2n) is 11.8. The summed E-state index contributed by atoms with van der Waals surface area (Å²) in [5, 5.41) is 3.51. The van der Waals surface area contributed by atoms with Crippen molar-refractivity contribution in [1.82, 2.24) is 9.88 Å². The molecule has 0 saturated carbocycles. The molecule has 1 aliphatic carbocycles. The summed E-state index contributed by atoms with van der Waals surface area (Å²) in [4.78, 5) is 7.81. The number of hydrogen-bond donors (Lipinski definition) is 1. The van der Waals surface area contributed by atoms with Crippen molar-refractivity contribution in [2.45, 2.75) is 109 Å². The first-order chi connectivity index (χ1) is 15.7. The maximum Gasteiger partial charge on any atom is 0.123 e. The standard InChI is InChI=1S/C29H45N3S/c1-6-7-8-9-23(19-30)32-16-12-21(13-17-32)26-20-33-27(31-26)22-10-11-24-25(18-22)29(4,5)15-14-28(24,2)3/h10-11,18,20-21,23H,6-9,12-17,19,30H2,1-5H3. The van der Waals surface area contributed by atoms with Crippen molar-refractivity contribution in [3.05, 3.63) is 40.4 Å². The molecule has 182 valence electrons. The van der Waals surface area contributed by atoms with Crippen molar-refractivity contribution in [3.8, 4) is 10.6 Å². The van der Waals surface area contributed by atoms with Crippen LogP contribution in [-0.4, -0.2) is 35.6 Å². The Morgan fingerprint density at radius 3 is 2.42 bits per heavy atom. The predicted octanol–water partition coefficient (Wildman–Crippen LogP) is 7.25. The smallest absolute Gasteiger partial charge is 0.123 e. The van der Waals surface area contributed by atoms with Gasteiger partial charge in [-0.05, 0) is 73.2 Å². The summed E-state index contributed by atoms with van der Waals surface area (Å²) in [7, 11) is 0. The number of hydrogen-bond acceptors (Lipinski definition) is 4. The highest BCUT2D eigenvalue weighted by Gasteiger charge is 2.37. The summed E-state index contributed by atoms with van der Waals surface area (Å²) in [6.07, 6.45) is 10.1. The summed E-state index contributed by atoms with van der Waals surface area (Å²) in [5.74, 6) is 0.591. The third-order valence-corrected chi connectivity index (χ3v) is 9.41. The molecule has 1 unspecified atom stereocenters. The van der Waals surface area contributed by atoms with E-state index in [0.717, 1.165) is 19.6 Å². The lowest BCUT2D eigenvalue weighted by Gasteiger charge is -2.42. The molecule has 0 amide bonds. The number of aromatic nitrogens is 1. The molecule has 4 rings (SSSR count). The van der Waals surface area contributed by atoms with Crippen molar-refractivity contribution in [3.63, 3.8) is 0 Å². The normalized spacial score (nSPS) is 21.6. The van der Waals surface area contributed by atoms with Crippen LogP contribution in [0.3, 0.4) is 0 Å². The zero-order valence-corrected chi connectivity index (χ0v) is 22.4. The van der Waals surface area contributed by atoms with Gasteiger partial charge in [-0.3, -0.25) is 4.90 Å². The minimum atomic E-state index is 0.241. The monoisotopic (exact) mass is 467 g/mol. The molecule has 1 saturated heterocycles. The van der Waals surface area contributed by atoms with E-state index in [-0.39, 0.29) is 10.8 Å². The van der Waals surface area contributed by atoms with Gasteiger partial charge in [-0.2, -0.15) is 0 Å². The van der Waals surface area contributed by atoms with E-state index in [1.807, 2.05) is 11.3 Å². The van der Waals surface area contributed by atoms with Gasteiger partial charge in [0.25, 0.3) is 0 Å². The number of likely N-dealkylation sites (tertiary alicyclic amines) is 1. The summed E-state index contributed by atoms with van der Waals surface area (Å²) in [6, 6.07) is 7.71. The third-order valence-electron chi connectivity index (χ3n) is 8.50. The Bertz CT molecular complexity index is 921. The van der Waals surface area contributed by atoms with Crippen molar-refractivity contribution >= 4 is 11.3 Å². The molecule has 1 aromatic carbocycles. The molecule has 3 nitrogen and oxygen atoms in total. The van der Waals surface area contributed by atoms with Gasteiger partial charge in [-0.1, -0.05) is 66.0 Å². The number of nitrogens with zero attached hydrogens (tertiary/aromatic N) is 2. The summed E-state index contributed by atoms with van der Waals surface area (Å²) < 4.78 is 0. The van der Waals surface area contributed by atoms with Crippen LogP contribution in [0.15, 0.2) is 23.6 Å². The average Bonchev–Trinajstić information content (AvgIpc) is 3.30. The van der Waals surface area contributed by atoms with Crippen molar-refractivity contribution < 1.29 is 0 Å². The van der Waals surface area contributed by atoms with Crippen LogP contribution in [0.5, 0.6) is 0 Å². The Kier molecular flexibility index (Phi) is 7.67. The quantitative estimate of drug-likeness (QED) is 0.416. The summed E-state index contributed by atoms with van der Waals surface area (Å²) in [6.45, 7) is 15.0. The van der Waals surface area contributed by atoms with Gasteiger partial charge in [0, 0.05) is 29.4 Å². The van der Waals surface area contributed by atoms with Gasteiger partial charge in [0.2, 0.25) is 0 Å². The van der Waals surface area contributed by atoms with Gasteiger partial charge >= 0.3 is 0 Å². The van der Waals surface area contributed by atoms with Crippen LogP contribution in [-0.2, 0) is 10.8 Å². The van der Waals surface area contributed by atoms with Crippen LogP contribution in [0.1, 0.15) is 109 Å². The molecular formula is C29H45N3S. The molecular weight excluding hydrogens is 422 g/mol. The number of piperidine rings is 1. The predicted molar refractivity (Wildman–Crippen MR) is 143 cm³/mol. The number of fused-ring (bicyclic) bond motifs is 1. The Morgan fingerprint density at radius 1 is 1.06 bits per heavy atom. The fourth-order valence-electron chi connectivity index (χ4n) is 5.97. The first kappa shape index (κ1) is 24.9. The lowest BCUT2D eigenvalue weighted by Crippen LogP contribution is -2.44. The average molecular weight is 468 g/mol. The molecule has 1 fully saturated rings. The third kappa shape index (κ3) is 5.39. The number of thiazole rings is 1. The maximum absolute atomic E-state index is 6.13. The Morgan fingerprint density at radius 2 is 1.76 bits per heavy atom. The molecule has 0 radical (unpaired) electrons. The Hall–Kier alpha value is -1.23. The molecule has 1 aliphatic heterocycles. The SMILES string of the molecule is CCCCCC(CN)N1CCC(c2csc(-c3ccc4c(c3)C(C)(C)CCC4(C)C)n2)CC1. The number of unbranched alkanes of at least 4 members (excludes halogenated alkanes) is 2. The number of nitrogens with two attached hydrogens (primary N) is 1. The minimum Gasteiger partial charge on any atom is -0.329 e. The van der Waals surface area contributed by atoms with Gasteiger partial charge < -0.3 is 5.73 Å². The lowest BCUT2D eigenvalue weighted by molar-refractivity contribution is 0.145. The first-order valence-corrected chi connectivity index (χ1v) is 14.2. The maximum atomic E-state index is 6.13.